The minimum absolute atomic E-state index is 0.0640. The van der Waals surface area contributed by atoms with Crippen LogP contribution >= 0.6 is 0 Å². The molecule has 4 nitrogen and oxygen atoms in total. The van der Waals surface area contributed by atoms with E-state index in [1.807, 2.05) is 13.8 Å². The zero-order chi connectivity index (χ0) is 16.5. The Bertz CT molecular complexity index is 503. The maximum Gasteiger partial charge on any atom is 0.221 e. The molecule has 0 fully saturated rings. The predicted molar refractivity (Wildman–Crippen MR) is 84.8 cm³/mol. The predicted octanol–water partition coefficient (Wildman–Crippen LogP) is 2.38. The molecular weight excluding hydrogens is 283 g/mol. The van der Waals surface area contributed by atoms with E-state index in [9.17, 15) is 14.0 Å². The molecule has 0 aliphatic heterocycles. The van der Waals surface area contributed by atoms with Crippen LogP contribution in [-0.2, 0) is 16.0 Å². The fraction of sp³-hybridized carbons (Fsp3) is 0.529. The zero-order valence-electron chi connectivity index (χ0n) is 13.6. The van der Waals surface area contributed by atoms with Gasteiger partial charge in [0, 0.05) is 33.0 Å². The van der Waals surface area contributed by atoms with Crippen LogP contribution in [0.1, 0.15) is 32.8 Å². The van der Waals surface area contributed by atoms with Gasteiger partial charge in [0.2, 0.25) is 11.8 Å². The Morgan fingerprint density at radius 3 is 2.50 bits per heavy atom. The smallest absolute Gasteiger partial charge is 0.221 e. The summed E-state index contributed by atoms with van der Waals surface area (Å²) in [6.45, 7) is 6.91. The Morgan fingerprint density at radius 2 is 1.91 bits per heavy atom. The molecule has 0 radical (unpaired) electrons. The summed E-state index contributed by atoms with van der Waals surface area (Å²) < 4.78 is 13.6. The van der Waals surface area contributed by atoms with E-state index < -0.39 is 0 Å². The van der Waals surface area contributed by atoms with Crippen LogP contribution < -0.4 is 5.32 Å². The van der Waals surface area contributed by atoms with E-state index in [1.165, 1.54) is 13.0 Å². The van der Waals surface area contributed by atoms with Crippen LogP contribution in [0.2, 0.25) is 0 Å². The van der Waals surface area contributed by atoms with Gasteiger partial charge in [-0.05, 0) is 24.0 Å². The molecule has 1 aromatic carbocycles. The molecule has 0 atom stereocenters. The highest BCUT2D eigenvalue weighted by molar-refractivity contribution is 5.78. The maximum absolute atomic E-state index is 13.6. The highest BCUT2D eigenvalue weighted by atomic mass is 19.1. The first-order chi connectivity index (χ1) is 10.4. The van der Waals surface area contributed by atoms with Gasteiger partial charge >= 0.3 is 0 Å². The number of nitrogens with zero attached hydrogens (tertiary/aromatic N) is 1. The summed E-state index contributed by atoms with van der Waals surface area (Å²) in [5.41, 5.74) is 0.581. The van der Waals surface area contributed by atoms with Gasteiger partial charge in [-0.2, -0.15) is 0 Å². The molecule has 0 saturated carbocycles. The zero-order valence-corrected chi connectivity index (χ0v) is 13.6. The van der Waals surface area contributed by atoms with Crippen LogP contribution in [0.4, 0.5) is 4.39 Å². The molecule has 22 heavy (non-hydrogen) atoms. The lowest BCUT2D eigenvalue weighted by Gasteiger charge is -2.21. The average molecular weight is 308 g/mol. The summed E-state index contributed by atoms with van der Waals surface area (Å²) in [5.74, 6) is -0.0339. The standard InChI is InChI=1S/C17H25FN2O2/c1-13(2)12-19-17(22)9-11-20(14(3)21)10-8-15-6-4-5-7-16(15)18/h4-7,13H,8-12H2,1-3H3,(H,19,22). The maximum atomic E-state index is 13.6. The molecule has 2 amide bonds. The van der Waals surface area contributed by atoms with Crippen molar-refractivity contribution < 1.29 is 14.0 Å². The van der Waals surface area contributed by atoms with Gasteiger partial charge in [0.25, 0.3) is 0 Å². The summed E-state index contributed by atoms with van der Waals surface area (Å²) in [6.07, 6.45) is 0.712. The van der Waals surface area contributed by atoms with Gasteiger partial charge < -0.3 is 10.2 Å². The van der Waals surface area contributed by atoms with Gasteiger partial charge in [-0.15, -0.1) is 0 Å². The van der Waals surface area contributed by atoms with Gasteiger partial charge in [-0.3, -0.25) is 9.59 Å². The number of amides is 2. The van der Waals surface area contributed by atoms with Crippen molar-refractivity contribution >= 4 is 11.8 Å². The second kappa shape index (κ2) is 9.18. The van der Waals surface area contributed by atoms with Crippen LogP contribution in [0.3, 0.4) is 0 Å². The van der Waals surface area contributed by atoms with Crippen molar-refractivity contribution in [1.29, 1.82) is 0 Å². The van der Waals surface area contributed by atoms with Gasteiger partial charge in [0.1, 0.15) is 5.82 Å². The molecular formula is C17H25FN2O2. The molecule has 0 aliphatic rings. The largest absolute Gasteiger partial charge is 0.356 e. The van der Waals surface area contributed by atoms with Crippen molar-refractivity contribution in [1.82, 2.24) is 10.2 Å². The van der Waals surface area contributed by atoms with E-state index >= 15 is 0 Å². The third-order valence-corrected chi connectivity index (χ3v) is 3.37. The average Bonchev–Trinajstić information content (AvgIpc) is 2.46. The van der Waals surface area contributed by atoms with Crippen molar-refractivity contribution in [3.05, 3.63) is 35.6 Å². The number of carbonyl (C=O) groups is 2. The van der Waals surface area contributed by atoms with Crippen molar-refractivity contribution in [2.45, 2.75) is 33.6 Å². The number of carbonyl (C=O) groups excluding carboxylic acids is 2. The Kier molecular flexibility index (Phi) is 7.57. The monoisotopic (exact) mass is 308 g/mol. The number of hydrogen-bond acceptors (Lipinski definition) is 2. The lowest BCUT2D eigenvalue weighted by molar-refractivity contribution is -0.129. The minimum Gasteiger partial charge on any atom is -0.356 e. The van der Waals surface area contributed by atoms with E-state index in [-0.39, 0.29) is 24.1 Å². The molecule has 0 aromatic heterocycles. The Labute approximate surface area is 131 Å². The summed E-state index contributed by atoms with van der Waals surface area (Å²) in [6, 6.07) is 6.53. The lowest BCUT2D eigenvalue weighted by Crippen LogP contribution is -2.36. The van der Waals surface area contributed by atoms with Crippen LogP contribution in [0.15, 0.2) is 24.3 Å². The molecule has 0 heterocycles. The van der Waals surface area contributed by atoms with Crippen LogP contribution in [0.25, 0.3) is 0 Å². The molecule has 0 aliphatic carbocycles. The highest BCUT2D eigenvalue weighted by Gasteiger charge is 2.12. The quantitative estimate of drug-likeness (QED) is 0.801. The van der Waals surface area contributed by atoms with Crippen LogP contribution in [0.5, 0.6) is 0 Å². The third kappa shape index (κ3) is 6.70. The van der Waals surface area contributed by atoms with Gasteiger partial charge in [-0.25, -0.2) is 4.39 Å². The second-order valence-electron chi connectivity index (χ2n) is 5.80. The van der Waals surface area contributed by atoms with Crippen molar-refractivity contribution in [2.24, 2.45) is 5.92 Å². The normalized spacial score (nSPS) is 10.6. The highest BCUT2D eigenvalue weighted by Crippen LogP contribution is 2.08. The SMILES string of the molecule is CC(=O)N(CCC(=O)NCC(C)C)CCc1ccccc1F. The van der Waals surface area contributed by atoms with Crippen molar-refractivity contribution in [2.75, 3.05) is 19.6 Å². The lowest BCUT2D eigenvalue weighted by atomic mass is 10.1. The second-order valence-corrected chi connectivity index (χ2v) is 5.80. The van der Waals surface area contributed by atoms with Crippen molar-refractivity contribution in [3.8, 4) is 0 Å². The van der Waals surface area contributed by atoms with Gasteiger partial charge in [0.05, 0.1) is 0 Å². The first-order valence-electron chi connectivity index (χ1n) is 7.65. The Hall–Kier alpha value is -1.91. The number of rotatable bonds is 8. The minimum atomic E-state index is -0.263. The number of benzene rings is 1. The molecule has 0 bridgehead atoms. The topological polar surface area (TPSA) is 49.4 Å². The van der Waals surface area contributed by atoms with Crippen LogP contribution in [0, 0.1) is 11.7 Å². The molecule has 1 N–H and O–H groups in total. The Morgan fingerprint density at radius 1 is 1.23 bits per heavy atom. The molecule has 1 aromatic rings. The van der Waals surface area contributed by atoms with E-state index in [2.05, 4.69) is 5.32 Å². The van der Waals surface area contributed by atoms with E-state index in [1.54, 1.807) is 23.1 Å². The summed E-state index contributed by atoms with van der Waals surface area (Å²) in [4.78, 5) is 24.9. The molecule has 5 heteroatoms. The molecule has 0 spiro atoms. The fourth-order valence-electron chi connectivity index (χ4n) is 2.03. The van der Waals surface area contributed by atoms with Crippen LogP contribution in [-0.4, -0.2) is 36.3 Å². The van der Waals surface area contributed by atoms with E-state index in [0.717, 1.165) is 0 Å². The molecule has 0 unspecified atom stereocenters. The molecule has 0 saturated heterocycles. The number of hydrogen-bond donors (Lipinski definition) is 1. The van der Waals surface area contributed by atoms with Gasteiger partial charge in [-0.1, -0.05) is 32.0 Å². The first kappa shape index (κ1) is 18.1. The summed E-state index contributed by atoms with van der Waals surface area (Å²) in [7, 11) is 0. The van der Waals surface area contributed by atoms with Gasteiger partial charge in [0.15, 0.2) is 0 Å². The van der Waals surface area contributed by atoms with Crippen molar-refractivity contribution in [3.63, 3.8) is 0 Å². The number of nitrogens with one attached hydrogen (secondary N) is 1. The summed E-state index contributed by atoms with van der Waals surface area (Å²) in [5, 5.41) is 2.82. The fourth-order valence-corrected chi connectivity index (χ4v) is 2.03. The Balaban J connectivity index is 2.44. The van der Waals surface area contributed by atoms with E-state index in [4.69, 9.17) is 0 Å². The summed E-state index contributed by atoms with van der Waals surface area (Å²) >= 11 is 0. The third-order valence-electron chi connectivity index (χ3n) is 3.37. The number of halogens is 1. The van der Waals surface area contributed by atoms with E-state index in [0.29, 0.717) is 37.5 Å². The first-order valence-corrected chi connectivity index (χ1v) is 7.65. The molecule has 1 rings (SSSR count). The molecule has 122 valence electrons.